The van der Waals surface area contributed by atoms with Gasteiger partial charge in [0.15, 0.2) is 0 Å². The number of nitrogens with zero attached hydrogens (tertiary/aromatic N) is 4. The van der Waals surface area contributed by atoms with Gasteiger partial charge in [0.05, 0.1) is 49.1 Å². The van der Waals surface area contributed by atoms with Crippen molar-refractivity contribution in [2.45, 2.75) is 85.7 Å². The minimum Gasteiger partial charge on any atom is -0.453 e. The second-order valence-corrected chi connectivity index (χ2v) is 17.4. The van der Waals surface area contributed by atoms with E-state index in [-0.39, 0.29) is 57.0 Å². The SMILES string of the molecule is COC(=O)NCC(C)(C)CC(=O)NN(Cc1ccc(-c2ccccn2)cc1)CC(O)C(Cc1ccccc1)NC(=O)C(C1CNC(=O)N1Cc1cccc(C)n1)C(C)(C)C. The maximum absolute atomic E-state index is 14.7. The van der Waals surface area contributed by atoms with Crippen molar-refractivity contribution < 1.29 is 29.0 Å². The van der Waals surface area contributed by atoms with Gasteiger partial charge >= 0.3 is 12.1 Å². The van der Waals surface area contributed by atoms with Crippen molar-refractivity contribution in [3.63, 3.8) is 0 Å². The van der Waals surface area contributed by atoms with Crippen LogP contribution in [0.2, 0.25) is 0 Å². The number of aromatic nitrogens is 2. The van der Waals surface area contributed by atoms with E-state index in [4.69, 9.17) is 4.74 Å². The van der Waals surface area contributed by atoms with Crippen LogP contribution in [0.3, 0.4) is 0 Å². The number of hydrogen-bond acceptors (Lipinski definition) is 9. The standard InChI is InChI=1S/C46H60N8O6/c1-31-14-13-17-35(50-31)28-54-38(26-48-43(54)58)41(45(2,3)4)42(57)51-37(24-32-15-9-8-10-16-32)39(55)29-53(52-40(56)25-46(5,6)30-49-44(59)60-7)27-33-19-21-34(22-20-33)36-18-11-12-23-47-36/h8-23,37-39,41,55H,24-30H2,1-7H3,(H,48,58)(H,49,59)(H,51,57)(H,52,56). The highest BCUT2D eigenvalue weighted by Gasteiger charge is 2.46. The average Bonchev–Trinajstić information content (AvgIpc) is 3.54. The highest BCUT2D eigenvalue weighted by atomic mass is 16.5. The van der Waals surface area contributed by atoms with Crippen LogP contribution in [0.25, 0.3) is 11.3 Å². The number of alkyl carbamates (subject to hydrolysis) is 1. The summed E-state index contributed by atoms with van der Waals surface area (Å²) in [5.41, 5.74) is 6.88. The zero-order valence-electron chi connectivity index (χ0n) is 35.8. The predicted octanol–water partition coefficient (Wildman–Crippen LogP) is 5.40. The summed E-state index contributed by atoms with van der Waals surface area (Å²) in [6.45, 7) is 12.5. The Kier molecular flexibility index (Phi) is 15.4. The Bertz CT molecular complexity index is 2040. The molecule has 0 bridgehead atoms. The van der Waals surface area contributed by atoms with Crippen molar-refractivity contribution in [2.24, 2.45) is 16.7 Å². The Morgan fingerprint density at radius 1 is 0.950 bits per heavy atom. The van der Waals surface area contributed by atoms with E-state index in [1.165, 1.54) is 7.11 Å². The molecule has 2 aromatic carbocycles. The number of carbonyl (C=O) groups is 4. The van der Waals surface area contributed by atoms with Crippen LogP contribution < -0.4 is 21.4 Å². The molecule has 5 rings (SSSR count). The number of carbonyl (C=O) groups excluding carboxylic acids is 4. The summed E-state index contributed by atoms with van der Waals surface area (Å²) < 4.78 is 4.71. The molecule has 1 aliphatic heterocycles. The van der Waals surface area contributed by atoms with Gasteiger partial charge in [-0.15, -0.1) is 0 Å². The van der Waals surface area contributed by atoms with Crippen molar-refractivity contribution in [3.8, 4) is 11.3 Å². The average molecular weight is 821 g/mol. The third-order valence-corrected chi connectivity index (χ3v) is 10.6. The normalized spacial score (nSPS) is 15.8. The van der Waals surface area contributed by atoms with Gasteiger partial charge in [-0.25, -0.2) is 14.6 Å². The predicted molar refractivity (Wildman–Crippen MR) is 230 cm³/mol. The van der Waals surface area contributed by atoms with E-state index in [1.54, 1.807) is 16.1 Å². The number of aliphatic hydroxyl groups excluding tert-OH is 1. The molecule has 14 nitrogen and oxygen atoms in total. The first-order valence-electron chi connectivity index (χ1n) is 20.4. The summed E-state index contributed by atoms with van der Waals surface area (Å²) in [5.74, 6) is -1.28. The van der Waals surface area contributed by atoms with Gasteiger partial charge in [0.1, 0.15) is 0 Å². The monoisotopic (exact) mass is 820 g/mol. The van der Waals surface area contributed by atoms with Gasteiger partial charge < -0.3 is 30.7 Å². The van der Waals surface area contributed by atoms with Crippen molar-refractivity contribution >= 4 is 23.9 Å². The molecule has 0 saturated carbocycles. The number of pyridine rings is 2. The smallest absolute Gasteiger partial charge is 0.406 e. The van der Waals surface area contributed by atoms with Crippen LogP contribution >= 0.6 is 0 Å². The number of nitrogens with one attached hydrogen (secondary N) is 4. The summed E-state index contributed by atoms with van der Waals surface area (Å²) in [6.07, 6.45) is 0.349. The van der Waals surface area contributed by atoms with Crippen molar-refractivity contribution in [3.05, 3.63) is 120 Å². The molecule has 1 saturated heterocycles. The number of aryl methyl sites for hydroxylation is 1. The first kappa shape index (κ1) is 45.2. The van der Waals surface area contributed by atoms with E-state index in [1.807, 2.05) is 133 Å². The molecule has 4 unspecified atom stereocenters. The molecule has 320 valence electrons. The summed E-state index contributed by atoms with van der Waals surface area (Å²) in [6, 6.07) is 27.3. The van der Waals surface area contributed by atoms with E-state index in [0.717, 1.165) is 33.8 Å². The van der Waals surface area contributed by atoms with E-state index >= 15 is 0 Å². The topological polar surface area (TPSA) is 178 Å². The summed E-state index contributed by atoms with van der Waals surface area (Å²) >= 11 is 0. The van der Waals surface area contributed by atoms with Gasteiger partial charge in [-0.1, -0.05) is 101 Å². The lowest BCUT2D eigenvalue weighted by Gasteiger charge is -2.39. The van der Waals surface area contributed by atoms with E-state index in [2.05, 4.69) is 31.3 Å². The molecule has 14 heteroatoms. The van der Waals surface area contributed by atoms with Gasteiger partial charge in [-0.2, -0.15) is 0 Å². The van der Waals surface area contributed by atoms with Crippen molar-refractivity contribution in [2.75, 3.05) is 26.7 Å². The fourth-order valence-electron chi connectivity index (χ4n) is 7.61. The van der Waals surface area contributed by atoms with Gasteiger partial charge in [0.2, 0.25) is 11.8 Å². The molecule has 0 spiro atoms. The number of amides is 5. The number of urea groups is 1. The highest BCUT2D eigenvalue weighted by molar-refractivity contribution is 5.84. The maximum Gasteiger partial charge on any atom is 0.406 e. The number of hydrogen-bond donors (Lipinski definition) is 5. The van der Waals surface area contributed by atoms with Crippen molar-refractivity contribution in [1.29, 1.82) is 0 Å². The van der Waals surface area contributed by atoms with Gasteiger partial charge in [-0.05, 0) is 59.6 Å². The van der Waals surface area contributed by atoms with E-state index in [0.29, 0.717) is 6.42 Å². The molecule has 60 heavy (non-hydrogen) atoms. The zero-order valence-corrected chi connectivity index (χ0v) is 35.8. The Labute approximate surface area is 353 Å². The third-order valence-electron chi connectivity index (χ3n) is 10.6. The Balaban J connectivity index is 1.40. The number of hydrazine groups is 1. The Morgan fingerprint density at radius 2 is 1.67 bits per heavy atom. The first-order valence-corrected chi connectivity index (χ1v) is 20.4. The number of aliphatic hydroxyl groups is 1. The minimum atomic E-state index is -1.16. The molecular weight excluding hydrogens is 761 g/mol. The molecule has 0 aliphatic carbocycles. The molecule has 1 fully saturated rings. The molecule has 4 aromatic rings. The lowest BCUT2D eigenvalue weighted by molar-refractivity contribution is -0.133. The molecule has 2 aromatic heterocycles. The second-order valence-electron chi connectivity index (χ2n) is 17.4. The second kappa shape index (κ2) is 20.4. The minimum absolute atomic E-state index is 0.0405. The Morgan fingerprint density at radius 3 is 2.32 bits per heavy atom. The molecular formula is C46H60N8O6. The van der Waals surface area contributed by atoms with Gasteiger partial charge in [0, 0.05) is 50.1 Å². The molecule has 4 atom stereocenters. The van der Waals surface area contributed by atoms with Gasteiger partial charge in [-0.3, -0.25) is 25.0 Å². The number of benzene rings is 2. The fraction of sp³-hybridized carbons (Fsp3) is 0.435. The fourth-order valence-corrected chi connectivity index (χ4v) is 7.61. The first-order chi connectivity index (χ1) is 28.5. The molecule has 3 heterocycles. The van der Waals surface area contributed by atoms with E-state index < -0.39 is 41.0 Å². The molecule has 5 amide bonds. The van der Waals surface area contributed by atoms with Crippen LogP contribution in [-0.2, 0) is 33.8 Å². The Hall–Kier alpha value is -5.86. The lowest BCUT2D eigenvalue weighted by atomic mass is 9.75. The summed E-state index contributed by atoms with van der Waals surface area (Å²) in [7, 11) is 1.28. The van der Waals surface area contributed by atoms with Crippen LogP contribution in [0.1, 0.15) is 63.6 Å². The highest BCUT2D eigenvalue weighted by Crippen LogP contribution is 2.34. The summed E-state index contributed by atoms with van der Waals surface area (Å²) in [4.78, 5) is 64.2. The molecule has 0 radical (unpaired) electrons. The zero-order chi connectivity index (χ0) is 43.5. The number of rotatable bonds is 18. The van der Waals surface area contributed by atoms with E-state index in [9.17, 15) is 24.3 Å². The van der Waals surface area contributed by atoms with Crippen molar-refractivity contribution in [1.82, 2.24) is 41.3 Å². The molecule has 1 aliphatic rings. The van der Waals surface area contributed by atoms with Crippen LogP contribution in [0.4, 0.5) is 9.59 Å². The quantitative estimate of drug-likeness (QED) is 0.0823. The lowest BCUT2D eigenvalue weighted by Crippen LogP contribution is -2.57. The summed E-state index contributed by atoms with van der Waals surface area (Å²) in [5, 5.41) is 22.7. The molecule has 5 N–H and O–H groups in total. The van der Waals surface area contributed by atoms with Crippen LogP contribution in [0.15, 0.2) is 97.2 Å². The van der Waals surface area contributed by atoms with Gasteiger partial charge in [0.25, 0.3) is 0 Å². The largest absolute Gasteiger partial charge is 0.453 e. The third kappa shape index (κ3) is 13.1. The number of methoxy groups -OCH3 is 1. The van der Waals surface area contributed by atoms with Crippen LogP contribution in [-0.4, -0.2) is 93.9 Å². The number of ether oxygens (including phenoxy) is 1. The van der Waals surface area contributed by atoms with Crippen LogP contribution in [0.5, 0.6) is 0 Å². The maximum atomic E-state index is 14.7. The van der Waals surface area contributed by atoms with Crippen LogP contribution in [0, 0.1) is 23.7 Å².